The number of ketones is 1. The monoisotopic (exact) mass is 418 g/mol. The molecule has 0 spiro atoms. The second-order valence-electron chi connectivity index (χ2n) is 6.55. The molecule has 0 aromatic carbocycles. The first-order valence-corrected chi connectivity index (χ1v) is 10.5. The van der Waals surface area contributed by atoms with E-state index in [1.807, 2.05) is 11.4 Å². The number of anilines is 1. The van der Waals surface area contributed by atoms with Crippen LogP contribution in [0.4, 0.5) is 5.82 Å². The number of carbonyl (C=O) groups excluding carboxylic acids is 1. The fourth-order valence-electron chi connectivity index (χ4n) is 2.90. The number of nitrogens with one attached hydrogen (secondary N) is 1. The standard InChI is InChI=1S/C17H18N6O3S2/c1-22-14(18)13(15(25)19-16(22)26)11(24)8-28-17-21-20-12(23(17)9-4-5-9)7-10-3-2-6-27-10/h2-3,6,9H,4-5,7-8,18H2,1H3,(H,19,25,26). The first kappa shape index (κ1) is 18.7. The normalized spacial score (nSPS) is 13.8. The average molecular weight is 419 g/mol. The zero-order chi connectivity index (χ0) is 19.8. The summed E-state index contributed by atoms with van der Waals surface area (Å²) in [6.07, 6.45) is 2.82. The van der Waals surface area contributed by atoms with Crippen molar-refractivity contribution < 1.29 is 4.79 Å². The summed E-state index contributed by atoms with van der Waals surface area (Å²) < 4.78 is 3.14. The average Bonchev–Trinajstić information content (AvgIpc) is 3.21. The lowest BCUT2D eigenvalue weighted by molar-refractivity contribution is 0.102. The summed E-state index contributed by atoms with van der Waals surface area (Å²) in [6, 6.07) is 4.41. The van der Waals surface area contributed by atoms with Gasteiger partial charge in [0, 0.05) is 24.4 Å². The van der Waals surface area contributed by atoms with E-state index in [4.69, 9.17) is 5.73 Å². The molecule has 9 nitrogen and oxygen atoms in total. The number of rotatable bonds is 7. The predicted octanol–water partition coefficient (Wildman–Crippen LogP) is 1.21. The number of thioether (sulfide) groups is 1. The van der Waals surface area contributed by atoms with Crippen LogP contribution < -0.4 is 17.0 Å². The van der Waals surface area contributed by atoms with E-state index in [1.165, 1.54) is 23.7 Å². The molecule has 146 valence electrons. The van der Waals surface area contributed by atoms with E-state index in [0.717, 1.165) is 23.2 Å². The van der Waals surface area contributed by atoms with Crippen molar-refractivity contribution in [3.05, 3.63) is 54.6 Å². The molecule has 3 aromatic heterocycles. The van der Waals surface area contributed by atoms with Crippen LogP contribution in [0, 0.1) is 0 Å². The van der Waals surface area contributed by atoms with Gasteiger partial charge in [0.2, 0.25) is 0 Å². The zero-order valence-electron chi connectivity index (χ0n) is 15.0. The Balaban J connectivity index is 1.55. The highest BCUT2D eigenvalue weighted by atomic mass is 32.2. The number of thiophene rings is 1. The summed E-state index contributed by atoms with van der Waals surface area (Å²) in [5.41, 5.74) is 4.18. The Hall–Kier alpha value is -2.66. The molecule has 0 radical (unpaired) electrons. The van der Waals surface area contributed by atoms with Crippen LogP contribution in [-0.4, -0.2) is 35.9 Å². The van der Waals surface area contributed by atoms with Crippen LogP contribution in [-0.2, 0) is 13.5 Å². The summed E-state index contributed by atoms with van der Waals surface area (Å²) in [5, 5.41) is 11.2. The molecular weight excluding hydrogens is 400 g/mol. The van der Waals surface area contributed by atoms with Gasteiger partial charge in [0.25, 0.3) is 5.56 Å². The maximum absolute atomic E-state index is 12.6. The quantitative estimate of drug-likeness (QED) is 0.436. The molecule has 0 saturated heterocycles. The van der Waals surface area contributed by atoms with Gasteiger partial charge in [0.05, 0.1) is 5.75 Å². The van der Waals surface area contributed by atoms with Crippen molar-refractivity contribution in [3.63, 3.8) is 0 Å². The van der Waals surface area contributed by atoms with Gasteiger partial charge in [-0.1, -0.05) is 17.8 Å². The first-order chi connectivity index (χ1) is 13.5. The Bertz CT molecular complexity index is 1140. The van der Waals surface area contributed by atoms with Crippen LogP contribution in [0.5, 0.6) is 0 Å². The van der Waals surface area contributed by atoms with Crippen LogP contribution in [0.2, 0.25) is 0 Å². The maximum Gasteiger partial charge on any atom is 0.329 e. The molecule has 0 atom stereocenters. The highest BCUT2D eigenvalue weighted by molar-refractivity contribution is 7.99. The number of hydrogen-bond donors (Lipinski definition) is 2. The van der Waals surface area contributed by atoms with Crippen molar-refractivity contribution in [3.8, 4) is 0 Å². The van der Waals surface area contributed by atoms with E-state index in [0.29, 0.717) is 17.6 Å². The molecule has 1 aliphatic carbocycles. The second kappa shape index (κ2) is 7.40. The van der Waals surface area contributed by atoms with Gasteiger partial charge in [0.15, 0.2) is 10.9 Å². The van der Waals surface area contributed by atoms with Gasteiger partial charge in [-0.2, -0.15) is 0 Å². The smallest absolute Gasteiger partial charge is 0.329 e. The molecule has 0 unspecified atom stereocenters. The van der Waals surface area contributed by atoms with Gasteiger partial charge < -0.3 is 10.3 Å². The van der Waals surface area contributed by atoms with Gasteiger partial charge in [-0.25, -0.2) is 4.79 Å². The van der Waals surface area contributed by atoms with Crippen molar-refractivity contribution in [2.75, 3.05) is 11.5 Å². The van der Waals surface area contributed by atoms with Gasteiger partial charge >= 0.3 is 5.69 Å². The topological polar surface area (TPSA) is 129 Å². The Kier molecular flexibility index (Phi) is 4.94. The number of nitrogens with two attached hydrogens (primary N) is 1. The molecule has 0 bridgehead atoms. The zero-order valence-corrected chi connectivity index (χ0v) is 16.7. The van der Waals surface area contributed by atoms with E-state index in [9.17, 15) is 14.4 Å². The number of H-pyrrole nitrogens is 1. The van der Waals surface area contributed by atoms with E-state index in [-0.39, 0.29) is 17.1 Å². The summed E-state index contributed by atoms with van der Waals surface area (Å²) in [6.45, 7) is 0. The van der Waals surface area contributed by atoms with Crippen molar-refractivity contribution in [1.82, 2.24) is 24.3 Å². The molecule has 0 aliphatic heterocycles. The minimum atomic E-state index is -0.770. The minimum Gasteiger partial charge on any atom is -0.384 e. The number of hydrogen-bond acceptors (Lipinski definition) is 8. The van der Waals surface area contributed by atoms with Crippen LogP contribution in [0.25, 0.3) is 0 Å². The third kappa shape index (κ3) is 3.54. The van der Waals surface area contributed by atoms with E-state index >= 15 is 0 Å². The molecule has 0 amide bonds. The highest BCUT2D eigenvalue weighted by Crippen LogP contribution is 2.39. The van der Waals surface area contributed by atoms with Crippen LogP contribution >= 0.6 is 23.1 Å². The van der Waals surface area contributed by atoms with Crippen LogP contribution in [0.1, 0.15) is 39.9 Å². The Labute approximate surface area is 167 Å². The third-order valence-corrected chi connectivity index (χ3v) is 6.36. The number of nitrogens with zero attached hydrogens (tertiary/aromatic N) is 4. The largest absolute Gasteiger partial charge is 0.384 e. The highest BCUT2D eigenvalue weighted by Gasteiger charge is 2.30. The van der Waals surface area contributed by atoms with E-state index in [2.05, 4.69) is 25.8 Å². The number of carbonyl (C=O) groups is 1. The fraction of sp³-hybridized carbons (Fsp3) is 0.353. The second-order valence-corrected chi connectivity index (χ2v) is 8.52. The molecule has 1 saturated carbocycles. The molecule has 1 aliphatic rings. The number of Topliss-reactive ketones (excluding diaryl/α,β-unsaturated/α-hetero) is 1. The first-order valence-electron chi connectivity index (χ1n) is 8.66. The summed E-state index contributed by atoms with van der Waals surface area (Å²) >= 11 is 2.89. The third-order valence-electron chi connectivity index (χ3n) is 4.54. The van der Waals surface area contributed by atoms with Gasteiger partial charge in [-0.05, 0) is 24.3 Å². The van der Waals surface area contributed by atoms with Crippen molar-refractivity contribution >= 4 is 34.7 Å². The van der Waals surface area contributed by atoms with Gasteiger partial charge in [-0.3, -0.25) is 19.1 Å². The molecule has 28 heavy (non-hydrogen) atoms. The summed E-state index contributed by atoms with van der Waals surface area (Å²) in [7, 11) is 1.40. The van der Waals surface area contributed by atoms with Crippen molar-refractivity contribution in [2.45, 2.75) is 30.5 Å². The van der Waals surface area contributed by atoms with Gasteiger partial charge in [-0.15, -0.1) is 21.5 Å². The molecule has 4 rings (SSSR count). The van der Waals surface area contributed by atoms with Crippen LogP contribution in [0.15, 0.2) is 32.3 Å². The molecule has 1 fully saturated rings. The SMILES string of the molecule is Cn1c(N)c(C(=O)CSc2nnc(Cc3cccs3)n2C2CC2)c(=O)[nH]c1=O. The lowest BCUT2D eigenvalue weighted by atomic mass is 10.2. The number of aromatic nitrogens is 5. The molecule has 3 aromatic rings. The Morgan fingerprint density at radius 2 is 2.18 bits per heavy atom. The van der Waals surface area contributed by atoms with Crippen molar-refractivity contribution in [2.24, 2.45) is 7.05 Å². The fourth-order valence-corrected chi connectivity index (χ4v) is 4.50. The molecule has 3 N–H and O–H groups in total. The lowest BCUT2D eigenvalue weighted by Crippen LogP contribution is -2.35. The maximum atomic E-state index is 12.6. The van der Waals surface area contributed by atoms with Crippen LogP contribution in [0.3, 0.4) is 0 Å². The minimum absolute atomic E-state index is 0.0185. The molecule has 3 heterocycles. The van der Waals surface area contributed by atoms with Gasteiger partial charge in [0.1, 0.15) is 17.2 Å². The summed E-state index contributed by atoms with van der Waals surface area (Å²) in [4.78, 5) is 39.5. The van der Waals surface area contributed by atoms with Crippen molar-refractivity contribution in [1.29, 1.82) is 0 Å². The number of nitrogen functional groups attached to an aromatic ring is 1. The predicted molar refractivity (Wildman–Crippen MR) is 107 cm³/mol. The number of aromatic amines is 1. The molecule has 11 heteroatoms. The van der Waals surface area contributed by atoms with E-state index < -0.39 is 17.0 Å². The molecular formula is C17H18N6O3S2. The Morgan fingerprint density at radius 1 is 1.39 bits per heavy atom. The lowest BCUT2D eigenvalue weighted by Gasteiger charge is -2.09. The van der Waals surface area contributed by atoms with E-state index in [1.54, 1.807) is 11.3 Å². The Morgan fingerprint density at radius 3 is 2.86 bits per heavy atom. The summed E-state index contributed by atoms with van der Waals surface area (Å²) in [5.74, 6) is 0.264.